The van der Waals surface area contributed by atoms with Gasteiger partial charge in [-0.1, -0.05) is 6.92 Å². The molecule has 0 bridgehead atoms. The molecule has 138 valence electrons. The summed E-state index contributed by atoms with van der Waals surface area (Å²) in [7, 11) is 0. The molecule has 2 heterocycles. The van der Waals surface area contributed by atoms with E-state index in [9.17, 15) is 9.59 Å². The lowest BCUT2D eigenvalue weighted by Gasteiger charge is -2.40. The minimum Gasteiger partial charge on any atom is -0.448 e. The highest BCUT2D eigenvalue weighted by atomic mass is 32.1. The zero-order valence-corrected chi connectivity index (χ0v) is 16.5. The first-order chi connectivity index (χ1) is 11.9. The lowest BCUT2D eigenvalue weighted by atomic mass is 9.90. The van der Waals surface area contributed by atoms with Gasteiger partial charge in [0.1, 0.15) is 4.88 Å². The summed E-state index contributed by atoms with van der Waals surface area (Å²) in [6, 6.07) is 2.40. The number of amides is 1. The standard InChI is InChI=1S/C20H29NO3S/c1-12-8-9-17-16(10-12)11-18(25-17)20(23)24-15(4)19(22)21-13(2)6-5-7-14(21)3/h11-15H,5-10H2,1-4H3/t12-,13-,14+,15+/m1/s1. The summed E-state index contributed by atoms with van der Waals surface area (Å²) in [5, 5.41) is 0. The van der Waals surface area contributed by atoms with E-state index in [0.717, 1.165) is 32.1 Å². The number of carbonyl (C=O) groups excluding carboxylic acids is 2. The molecule has 0 unspecified atom stereocenters. The first kappa shape index (κ1) is 18.4. The molecule has 1 aromatic rings. The molecule has 1 aromatic heterocycles. The number of likely N-dealkylation sites (tertiary alicyclic amines) is 1. The number of aryl methyl sites for hydroxylation is 1. The van der Waals surface area contributed by atoms with Crippen molar-refractivity contribution in [3.8, 4) is 0 Å². The minimum atomic E-state index is -0.728. The molecule has 5 heteroatoms. The average Bonchev–Trinajstić information content (AvgIpc) is 2.97. The Labute approximate surface area is 154 Å². The van der Waals surface area contributed by atoms with Crippen LogP contribution in [0.1, 0.15) is 73.5 Å². The molecular weight excluding hydrogens is 334 g/mol. The van der Waals surface area contributed by atoms with Crippen LogP contribution < -0.4 is 0 Å². The molecule has 0 saturated carbocycles. The topological polar surface area (TPSA) is 46.6 Å². The summed E-state index contributed by atoms with van der Waals surface area (Å²) in [6.07, 6.45) is 5.73. The molecule has 0 spiro atoms. The van der Waals surface area contributed by atoms with Crippen molar-refractivity contribution in [2.75, 3.05) is 0 Å². The van der Waals surface area contributed by atoms with E-state index in [1.165, 1.54) is 28.2 Å². The van der Waals surface area contributed by atoms with Gasteiger partial charge in [0.2, 0.25) is 0 Å². The highest BCUT2D eigenvalue weighted by Crippen LogP contribution is 2.32. The molecule has 4 atom stereocenters. The van der Waals surface area contributed by atoms with E-state index < -0.39 is 6.10 Å². The summed E-state index contributed by atoms with van der Waals surface area (Å²) < 4.78 is 5.53. The number of piperidine rings is 1. The van der Waals surface area contributed by atoms with Crippen molar-refractivity contribution in [3.05, 3.63) is 21.4 Å². The molecule has 3 rings (SSSR count). The second-order valence-corrected chi connectivity index (χ2v) is 8.97. The van der Waals surface area contributed by atoms with Crippen LogP contribution in [0.25, 0.3) is 0 Å². The fourth-order valence-corrected chi connectivity index (χ4v) is 5.23. The molecule has 1 aliphatic carbocycles. The monoisotopic (exact) mass is 363 g/mol. The van der Waals surface area contributed by atoms with Crippen LogP contribution in [-0.2, 0) is 22.4 Å². The Morgan fingerprint density at radius 1 is 1.20 bits per heavy atom. The van der Waals surface area contributed by atoms with Gasteiger partial charge in [-0.2, -0.15) is 0 Å². The number of hydrogen-bond donors (Lipinski definition) is 0. The van der Waals surface area contributed by atoms with Gasteiger partial charge in [-0.05, 0) is 76.8 Å². The van der Waals surface area contributed by atoms with Crippen molar-refractivity contribution in [2.45, 2.75) is 84.4 Å². The third-order valence-electron chi connectivity index (χ3n) is 5.61. The highest BCUT2D eigenvalue weighted by Gasteiger charge is 2.33. The Morgan fingerprint density at radius 3 is 2.56 bits per heavy atom. The molecule has 1 saturated heterocycles. The van der Waals surface area contributed by atoms with Crippen LogP contribution in [0.5, 0.6) is 0 Å². The Balaban J connectivity index is 1.65. The van der Waals surface area contributed by atoms with Crippen LogP contribution >= 0.6 is 11.3 Å². The van der Waals surface area contributed by atoms with Crippen molar-refractivity contribution in [1.82, 2.24) is 4.90 Å². The quantitative estimate of drug-likeness (QED) is 0.756. The third kappa shape index (κ3) is 3.91. The van der Waals surface area contributed by atoms with Crippen LogP contribution in [0.15, 0.2) is 6.07 Å². The van der Waals surface area contributed by atoms with E-state index in [2.05, 4.69) is 20.8 Å². The second-order valence-electron chi connectivity index (χ2n) is 7.83. The van der Waals surface area contributed by atoms with Crippen LogP contribution in [0.3, 0.4) is 0 Å². The zero-order valence-electron chi connectivity index (χ0n) is 15.7. The molecule has 4 nitrogen and oxygen atoms in total. The number of rotatable bonds is 3. The van der Waals surface area contributed by atoms with Gasteiger partial charge in [-0.15, -0.1) is 11.3 Å². The Hall–Kier alpha value is -1.36. The smallest absolute Gasteiger partial charge is 0.349 e. The van der Waals surface area contributed by atoms with E-state index in [0.29, 0.717) is 10.8 Å². The lowest BCUT2D eigenvalue weighted by Crippen LogP contribution is -2.51. The van der Waals surface area contributed by atoms with Crippen LogP contribution in [0.2, 0.25) is 0 Å². The van der Waals surface area contributed by atoms with Crippen molar-refractivity contribution < 1.29 is 14.3 Å². The van der Waals surface area contributed by atoms with Gasteiger partial charge in [0.25, 0.3) is 5.91 Å². The molecule has 2 aliphatic rings. The minimum absolute atomic E-state index is 0.0667. The van der Waals surface area contributed by atoms with Crippen molar-refractivity contribution in [3.63, 3.8) is 0 Å². The SMILES string of the molecule is C[C@@H]1CCc2sc(C(=O)O[C@@H](C)C(=O)N3[C@H](C)CCC[C@@H]3C)cc2C1. The summed E-state index contributed by atoms with van der Waals surface area (Å²) in [5.41, 5.74) is 1.29. The fraction of sp³-hybridized carbons (Fsp3) is 0.700. The van der Waals surface area contributed by atoms with Crippen LogP contribution in [-0.4, -0.2) is 35.0 Å². The molecule has 1 amide bonds. The van der Waals surface area contributed by atoms with Gasteiger partial charge in [-0.3, -0.25) is 4.79 Å². The van der Waals surface area contributed by atoms with E-state index in [1.54, 1.807) is 6.92 Å². The normalized spacial score (nSPS) is 27.5. The van der Waals surface area contributed by atoms with Gasteiger partial charge >= 0.3 is 5.97 Å². The van der Waals surface area contributed by atoms with Gasteiger partial charge in [-0.25, -0.2) is 4.79 Å². The van der Waals surface area contributed by atoms with Gasteiger partial charge in [0, 0.05) is 17.0 Å². The maximum Gasteiger partial charge on any atom is 0.349 e. The van der Waals surface area contributed by atoms with Crippen LogP contribution in [0, 0.1) is 5.92 Å². The lowest BCUT2D eigenvalue weighted by molar-refractivity contribution is -0.146. The number of esters is 1. The van der Waals surface area contributed by atoms with Crippen molar-refractivity contribution >= 4 is 23.2 Å². The number of thiophene rings is 1. The number of carbonyl (C=O) groups is 2. The van der Waals surface area contributed by atoms with E-state index in [4.69, 9.17) is 4.74 Å². The summed E-state index contributed by atoms with van der Waals surface area (Å²) in [4.78, 5) is 29.1. The van der Waals surface area contributed by atoms with Gasteiger partial charge < -0.3 is 9.64 Å². The predicted octanol–water partition coefficient (Wildman–Crippen LogP) is 4.21. The summed E-state index contributed by atoms with van der Waals surface area (Å²) in [6.45, 7) is 8.11. The van der Waals surface area contributed by atoms with Crippen molar-refractivity contribution in [1.29, 1.82) is 0 Å². The number of nitrogens with zero attached hydrogens (tertiary/aromatic N) is 1. The van der Waals surface area contributed by atoms with Gasteiger partial charge in [0.15, 0.2) is 6.10 Å². The average molecular weight is 364 g/mol. The number of fused-ring (bicyclic) bond motifs is 1. The Morgan fingerprint density at radius 2 is 1.88 bits per heavy atom. The van der Waals surface area contributed by atoms with Gasteiger partial charge in [0.05, 0.1) is 0 Å². The first-order valence-electron chi connectivity index (χ1n) is 9.51. The number of ether oxygens (including phenoxy) is 1. The molecule has 0 N–H and O–H groups in total. The first-order valence-corrected chi connectivity index (χ1v) is 10.3. The molecule has 1 aliphatic heterocycles. The summed E-state index contributed by atoms with van der Waals surface area (Å²) in [5.74, 6) is 0.252. The molecular formula is C20H29NO3S. The molecule has 0 aromatic carbocycles. The number of hydrogen-bond acceptors (Lipinski definition) is 4. The highest BCUT2D eigenvalue weighted by molar-refractivity contribution is 7.14. The predicted molar refractivity (Wildman–Crippen MR) is 100 cm³/mol. The Bertz CT molecular complexity index is 643. The van der Waals surface area contributed by atoms with Crippen LogP contribution in [0.4, 0.5) is 0 Å². The van der Waals surface area contributed by atoms with Crippen molar-refractivity contribution in [2.24, 2.45) is 5.92 Å². The maximum atomic E-state index is 12.8. The molecule has 0 radical (unpaired) electrons. The van der Waals surface area contributed by atoms with E-state index in [-0.39, 0.29) is 24.0 Å². The molecule has 1 fully saturated rings. The van der Waals surface area contributed by atoms with E-state index in [1.807, 2.05) is 11.0 Å². The zero-order chi connectivity index (χ0) is 18.1. The molecule has 25 heavy (non-hydrogen) atoms. The summed E-state index contributed by atoms with van der Waals surface area (Å²) >= 11 is 1.54. The third-order valence-corrected chi connectivity index (χ3v) is 6.83. The van der Waals surface area contributed by atoms with E-state index >= 15 is 0 Å². The fourth-order valence-electron chi connectivity index (χ4n) is 4.14. The largest absolute Gasteiger partial charge is 0.448 e. The Kier molecular flexibility index (Phi) is 5.52. The maximum absolute atomic E-state index is 12.8. The second kappa shape index (κ2) is 7.48.